The molecule has 1 aliphatic heterocycles. The Balaban J connectivity index is 1.46. The van der Waals surface area contributed by atoms with E-state index in [1.807, 2.05) is 9.80 Å². The van der Waals surface area contributed by atoms with Crippen molar-refractivity contribution in [2.75, 3.05) is 43.4 Å². The molecule has 2 aromatic carbocycles. The third-order valence-corrected chi connectivity index (χ3v) is 5.37. The summed E-state index contributed by atoms with van der Waals surface area (Å²) in [4.78, 5) is 28.7. The van der Waals surface area contributed by atoms with E-state index in [1.54, 1.807) is 31.2 Å². The Morgan fingerprint density at radius 2 is 1.73 bits per heavy atom. The standard InChI is InChI=1S/C21H23ClF2N4O2/c1-14(21(30)25-15-6-7-17(23)18(24)12-15)28-10-8-27(9-11-28)13-20(29)26-19-5-3-2-4-16(19)22/h2-7,12,14H,8-11,13H2,1H3,(H,25,30)(H,26,29). The number of carbonyl (C=O) groups excluding carboxylic acids is 2. The number of nitrogens with zero attached hydrogens (tertiary/aromatic N) is 2. The molecule has 0 radical (unpaired) electrons. The van der Waals surface area contributed by atoms with E-state index in [9.17, 15) is 18.4 Å². The molecule has 6 nitrogen and oxygen atoms in total. The van der Waals surface area contributed by atoms with Crippen LogP contribution in [0.15, 0.2) is 42.5 Å². The Kier molecular flexibility index (Phi) is 7.36. The highest BCUT2D eigenvalue weighted by atomic mass is 35.5. The molecule has 0 spiro atoms. The first-order valence-electron chi connectivity index (χ1n) is 9.60. The SMILES string of the molecule is CC(C(=O)Nc1ccc(F)c(F)c1)N1CCN(CC(=O)Nc2ccccc2Cl)CC1. The van der Waals surface area contributed by atoms with E-state index in [0.717, 1.165) is 12.1 Å². The van der Waals surface area contributed by atoms with Gasteiger partial charge in [-0.3, -0.25) is 19.4 Å². The van der Waals surface area contributed by atoms with Crippen LogP contribution in [-0.4, -0.2) is 60.4 Å². The van der Waals surface area contributed by atoms with Crippen molar-refractivity contribution >= 4 is 34.8 Å². The van der Waals surface area contributed by atoms with E-state index < -0.39 is 17.7 Å². The summed E-state index contributed by atoms with van der Waals surface area (Å²) in [6.45, 7) is 4.44. The van der Waals surface area contributed by atoms with Crippen molar-refractivity contribution in [3.8, 4) is 0 Å². The van der Waals surface area contributed by atoms with Crippen LogP contribution in [0.5, 0.6) is 0 Å². The van der Waals surface area contributed by atoms with E-state index in [0.29, 0.717) is 36.9 Å². The lowest BCUT2D eigenvalue weighted by molar-refractivity contribution is -0.122. The average Bonchev–Trinajstić information content (AvgIpc) is 2.72. The molecule has 1 aliphatic rings. The Bertz CT molecular complexity index is 920. The Hall–Kier alpha value is -2.55. The molecule has 0 saturated carbocycles. The van der Waals surface area contributed by atoms with Gasteiger partial charge in [-0.25, -0.2) is 8.78 Å². The van der Waals surface area contributed by atoms with E-state index in [1.165, 1.54) is 6.07 Å². The number of para-hydroxylation sites is 1. The third kappa shape index (κ3) is 5.75. The highest BCUT2D eigenvalue weighted by Crippen LogP contribution is 2.20. The minimum absolute atomic E-state index is 0.152. The average molecular weight is 437 g/mol. The summed E-state index contributed by atoms with van der Waals surface area (Å²) in [5, 5.41) is 5.89. The van der Waals surface area contributed by atoms with Crippen LogP contribution in [-0.2, 0) is 9.59 Å². The number of nitrogens with one attached hydrogen (secondary N) is 2. The fourth-order valence-electron chi connectivity index (χ4n) is 3.25. The van der Waals surface area contributed by atoms with Gasteiger partial charge in [0.25, 0.3) is 0 Å². The quantitative estimate of drug-likeness (QED) is 0.730. The fraction of sp³-hybridized carbons (Fsp3) is 0.333. The van der Waals surface area contributed by atoms with Gasteiger partial charge in [-0.15, -0.1) is 0 Å². The van der Waals surface area contributed by atoms with Crippen LogP contribution in [0.3, 0.4) is 0 Å². The van der Waals surface area contributed by atoms with Crippen LogP contribution in [0.25, 0.3) is 0 Å². The third-order valence-electron chi connectivity index (χ3n) is 5.04. The van der Waals surface area contributed by atoms with Crippen molar-refractivity contribution in [3.05, 3.63) is 59.1 Å². The monoisotopic (exact) mass is 436 g/mol. The summed E-state index contributed by atoms with van der Waals surface area (Å²) in [5.74, 6) is -2.42. The maximum Gasteiger partial charge on any atom is 0.241 e. The molecule has 2 N–H and O–H groups in total. The molecular weight excluding hydrogens is 414 g/mol. The molecule has 0 bridgehead atoms. The molecule has 1 heterocycles. The number of amides is 2. The zero-order valence-corrected chi connectivity index (χ0v) is 17.3. The summed E-state index contributed by atoms with van der Waals surface area (Å²) >= 11 is 6.06. The second-order valence-electron chi connectivity index (χ2n) is 7.13. The van der Waals surface area contributed by atoms with Gasteiger partial charge in [-0.05, 0) is 31.2 Å². The zero-order chi connectivity index (χ0) is 21.7. The largest absolute Gasteiger partial charge is 0.325 e. The number of halogens is 3. The first-order chi connectivity index (χ1) is 14.3. The van der Waals surface area contributed by atoms with E-state index in [2.05, 4.69) is 10.6 Å². The van der Waals surface area contributed by atoms with E-state index >= 15 is 0 Å². The Morgan fingerprint density at radius 3 is 2.40 bits per heavy atom. The molecular formula is C21H23ClF2N4O2. The van der Waals surface area contributed by atoms with Crippen molar-refractivity contribution in [2.45, 2.75) is 13.0 Å². The summed E-state index contributed by atoms with van der Waals surface area (Å²) < 4.78 is 26.3. The minimum atomic E-state index is -1.01. The maximum absolute atomic E-state index is 13.3. The highest BCUT2D eigenvalue weighted by Gasteiger charge is 2.26. The molecule has 1 unspecified atom stereocenters. The van der Waals surface area contributed by atoms with Crippen LogP contribution in [0.4, 0.5) is 20.2 Å². The minimum Gasteiger partial charge on any atom is -0.325 e. The second kappa shape index (κ2) is 9.97. The lowest BCUT2D eigenvalue weighted by Crippen LogP contribution is -2.53. The molecule has 2 aromatic rings. The number of anilines is 2. The number of rotatable bonds is 6. The summed E-state index contributed by atoms with van der Waals surface area (Å²) in [6, 6.07) is 9.84. The first kappa shape index (κ1) is 22.1. The van der Waals surface area contributed by atoms with Gasteiger partial charge in [0.2, 0.25) is 11.8 Å². The van der Waals surface area contributed by atoms with E-state index in [4.69, 9.17) is 11.6 Å². The predicted octanol–water partition coefficient (Wildman–Crippen LogP) is 3.20. The van der Waals surface area contributed by atoms with Gasteiger partial charge < -0.3 is 10.6 Å². The summed E-state index contributed by atoms with van der Waals surface area (Å²) in [5.41, 5.74) is 0.783. The Labute approximate surface area is 178 Å². The fourth-order valence-corrected chi connectivity index (χ4v) is 3.43. The van der Waals surface area contributed by atoms with Gasteiger partial charge >= 0.3 is 0 Å². The van der Waals surface area contributed by atoms with Crippen LogP contribution < -0.4 is 10.6 Å². The van der Waals surface area contributed by atoms with E-state index in [-0.39, 0.29) is 24.0 Å². The number of carbonyl (C=O) groups is 2. The number of hydrogen-bond donors (Lipinski definition) is 2. The number of hydrogen-bond acceptors (Lipinski definition) is 4. The van der Waals surface area contributed by atoms with Crippen molar-refractivity contribution < 1.29 is 18.4 Å². The molecule has 9 heteroatoms. The van der Waals surface area contributed by atoms with Crippen molar-refractivity contribution in [3.63, 3.8) is 0 Å². The van der Waals surface area contributed by atoms with Crippen LogP contribution >= 0.6 is 11.6 Å². The Morgan fingerprint density at radius 1 is 1.03 bits per heavy atom. The maximum atomic E-state index is 13.3. The molecule has 1 fully saturated rings. The molecule has 0 aromatic heterocycles. The molecule has 2 amide bonds. The van der Waals surface area contributed by atoms with Crippen LogP contribution in [0.1, 0.15) is 6.92 Å². The number of benzene rings is 2. The predicted molar refractivity (Wildman–Crippen MR) is 113 cm³/mol. The van der Waals surface area contributed by atoms with Crippen molar-refractivity contribution in [1.29, 1.82) is 0 Å². The van der Waals surface area contributed by atoms with Gasteiger partial charge in [-0.1, -0.05) is 23.7 Å². The number of piperazine rings is 1. The van der Waals surface area contributed by atoms with Crippen molar-refractivity contribution in [1.82, 2.24) is 9.80 Å². The summed E-state index contributed by atoms with van der Waals surface area (Å²) in [6.07, 6.45) is 0. The molecule has 1 saturated heterocycles. The lowest BCUT2D eigenvalue weighted by Gasteiger charge is -2.37. The van der Waals surface area contributed by atoms with Crippen LogP contribution in [0.2, 0.25) is 5.02 Å². The van der Waals surface area contributed by atoms with Gasteiger partial charge in [0.15, 0.2) is 11.6 Å². The van der Waals surface area contributed by atoms with Gasteiger partial charge in [-0.2, -0.15) is 0 Å². The van der Waals surface area contributed by atoms with Gasteiger partial charge in [0.05, 0.1) is 23.3 Å². The normalized spacial score (nSPS) is 16.1. The lowest BCUT2D eigenvalue weighted by atomic mass is 10.2. The zero-order valence-electron chi connectivity index (χ0n) is 16.5. The molecule has 1 atom stereocenters. The van der Waals surface area contributed by atoms with Gasteiger partial charge in [0, 0.05) is 37.9 Å². The topological polar surface area (TPSA) is 64.7 Å². The second-order valence-corrected chi connectivity index (χ2v) is 7.54. The highest BCUT2D eigenvalue weighted by molar-refractivity contribution is 6.33. The molecule has 0 aliphatic carbocycles. The molecule has 160 valence electrons. The van der Waals surface area contributed by atoms with Crippen LogP contribution in [0, 0.1) is 11.6 Å². The smallest absolute Gasteiger partial charge is 0.241 e. The molecule has 30 heavy (non-hydrogen) atoms. The first-order valence-corrected chi connectivity index (χ1v) is 9.98. The summed E-state index contributed by atoms with van der Waals surface area (Å²) in [7, 11) is 0. The van der Waals surface area contributed by atoms with Gasteiger partial charge in [0.1, 0.15) is 0 Å². The molecule has 3 rings (SSSR count). The van der Waals surface area contributed by atoms with Crippen molar-refractivity contribution in [2.24, 2.45) is 0 Å².